The van der Waals surface area contributed by atoms with Crippen molar-refractivity contribution in [1.82, 2.24) is 9.88 Å². The monoisotopic (exact) mass is 278 g/mol. The summed E-state index contributed by atoms with van der Waals surface area (Å²) in [6.07, 6.45) is 0. The highest BCUT2D eigenvalue weighted by molar-refractivity contribution is 5.54. The van der Waals surface area contributed by atoms with E-state index in [9.17, 15) is 0 Å². The SMILES string of the molecule is CCN1CCN(c2ccc(N)c(OCC(C)C)n2)CC1. The van der Waals surface area contributed by atoms with Gasteiger partial charge >= 0.3 is 0 Å². The van der Waals surface area contributed by atoms with Crippen molar-refractivity contribution in [2.45, 2.75) is 20.8 Å². The highest BCUT2D eigenvalue weighted by Gasteiger charge is 2.17. The van der Waals surface area contributed by atoms with Crippen LogP contribution < -0.4 is 15.4 Å². The molecule has 2 heterocycles. The molecule has 0 saturated carbocycles. The Bertz CT molecular complexity index is 428. The highest BCUT2D eigenvalue weighted by atomic mass is 16.5. The summed E-state index contributed by atoms with van der Waals surface area (Å²) in [7, 11) is 0. The van der Waals surface area contributed by atoms with Crippen LogP contribution in [-0.2, 0) is 0 Å². The third-order valence-electron chi connectivity index (χ3n) is 3.57. The van der Waals surface area contributed by atoms with Crippen molar-refractivity contribution in [3.63, 3.8) is 0 Å². The van der Waals surface area contributed by atoms with Gasteiger partial charge in [-0.15, -0.1) is 0 Å². The first-order valence-electron chi connectivity index (χ1n) is 7.46. The molecule has 0 unspecified atom stereocenters. The van der Waals surface area contributed by atoms with Gasteiger partial charge in [0.2, 0.25) is 5.88 Å². The third kappa shape index (κ3) is 3.76. The minimum Gasteiger partial charge on any atom is -0.476 e. The third-order valence-corrected chi connectivity index (χ3v) is 3.57. The van der Waals surface area contributed by atoms with Crippen molar-refractivity contribution in [3.8, 4) is 5.88 Å². The number of nitrogen functional groups attached to an aromatic ring is 1. The van der Waals surface area contributed by atoms with Gasteiger partial charge in [0.05, 0.1) is 12.3 Å². The van der Waals surface area contributed by atoms with Gasteiger partial charge in [-0.3, -0.25) is 0 Å². The Morgan fingerprint density at radius 3 is 2.55 bits per heavy atom. The lowest BCUT2D eigenvalue weighted by atomic mass is 10.2. The molecular weight excluding hydrogens is 252 g/mol. The standard InChI is InChI=1S/C15H26N4O/c1-4-18-7-9-19(10-8-18)14-6-5-13(16)15(17-14)20-11-12(2)3/h5-6,12H,4,7-11,16H2,1-3H3. The molecule has 0 aromatic carbocycles. The van der Waals surface area contributed by atoms with Gasteiger partial charge in [-0.2, -0.15) is 4.98 Å². The number of nitrogens with zero attached hydrogens (tertiary/aromatic N) is 3. The van der Waals surface area contributed by atoms with Crippen LogP contribution in [-0.4, -0.2) is 49.2 Å². The van der Waals surface area contributed by atoms with Crippen molar-refractivity contribution in [3.05, 3.63) is 12.1 Å². The van der Waals surface area contributed by atoms with E-state index in [1.165, 1.54) is 0 Å². The fraction of sp³-hybridized carbons (Fsp3) is 0.667. The molecule has 0 radical (unpaired) electrons. The average molecular weight is 278 g/mol. The fourth-order valence-electron chi connectivity index (χ4n) is 2.27. The van der Waals surface area contributed by atoms with Crippen LogP contribution in [0.1, 0.15) is 20.8 Å². The predicted octanol–water partition coefficient (Wildman–Crippen LogP) is 1.84. The maximum Gasteiger partial charge on any atom is 0.239 e. The Morgan fingerprint density at radius 1 is 1.25 bits per heavy atom. The molecule has 5 nitrogen and oxygen atoms in total. The normalized spacial score (nSPS) is 16.7. The van der Waals surface area contributed by atoms with Gasteiger partial charge in [0.25, 0.3) is 0 Å². The van der Waals surface area contributed by atoms with E-state index >= 15 is 0 Å². The quantitative estimate of drug-likeness (QED) is 0.890. The first kappa shape index (κ1) is 14.9. The topological polar surface area (TPSA) is 54.6 Å². The predicted molar refractivity (Wildman–Crippen MR) is 83.3 cm³/mol. The molecule has 0 spiro atoms. The molecule has 2 N–H and O–H groups in total. The summed E-state index contributed by atoms with van der Waals surface area (Å²) in [5, 5.41) is 0. The van der Waals surface area contributed by atoms with Crippen LogP contribution in [0.25, 0.3) is 0 Å². The molecule has 5 heteroatoms. The zero-order chi connectivity index (χ0) is 14.5. The van der Waals surface area contributed by atoms with E-state index in [4.69, 9.17) is 10.5 Å². The van der Waals surface area contributed by atoms with Crippen LogP contribution in [0.15, 0.2) is 12.1 Å². The number of likely N-dealkylation sites (N-methyl/N-ethyl adjacent to an activating group) is 1. The van der Waals surface area contributed by atoms with E-state index in [2.05, 4.69) is 35.6 Å². The molecular formula is C15H26N4O. The molecule has 0 atom stereocenters. The van der Waals surface area contributed by atoms with Crippen LogP contribution in [0, 0.1) is 5.92 Å². The van der Waals surface area contributed by atoms with Gasteiger partial charge in [0, 0.05) is 26.2 Å². The van der Waals surface area contributed by atoms with Crippen molar-refractivity contribution in [2.24, 2.45) is 5.92 Å². The van der Waals surface area contributed by atoms with Crippen molar-refractivity contribution in [1.29, 1.82) is 0 Å². The Hall–Kier alpha value is -1.49. The Balaban J connectivity index is 2.03. The lowest BCUT2D eigenvalue weighted by molar-refractivity contribution is 0.260. The zero-order valence-electron chi connectivity index (χ0n) is 12.8. The Morgan fingerprint density at radius 2 is 1.95 bits per heavy atom. The molecule has 0 aliphatic carbocycles. The number of anilines is 2. The van der Waals surface area contributed by atoms with E-state index < -0.39 is 0 Å². The molecule has 1 aromatic heterocycles. The van der Waals surface area contributed by atoms with Gasteiger partial charge < -0.3 is 20.3 Å². The number of ether oxygens (including phenoxy) is 1. The zero-order valence-corrected chi connectivity index (χ0v) is 12.8. The second-order valence-corrected chi connectivity index (χ2v) is 5.69. The summed E-state index contributed by atoms with van der Waals surface area (Å²) in [4.78, 5) is 9.33. The molecule has 1 fully saturated rings. The van der Waals surface area contributed by atoms with Crippen LogP contribution in [0.5, 0.6) is 5.88 Å². The summed E-state index contributed by atoms with van der Waals surface area (Å²) in [6, 6.07) is 3.88. The number of hydrogen-bond donors (Lipinski definition) is 1. The number of aromatic nitrogens is 1. The Kier molecular flexibility index (Phi) is 5.06. The Labute approximate surface area is 121 Å². The second-order valence-electron chi connectivity index (χ2n) is 5.69. The molecule has 0 amide bonds. The summed E-state index contributed by atoms with van der Waals surface area (Å²) < 4.78 is 5.70. The maximum atomic E-state index is 5.93. The molecule has 0 bridgehead atoms. The van der Waals surface area contributed by atoms with E-state index in [0.29, 0.717) is 24.1 Å². The summed E-state index contributed by atoms with van der Waals surface area (Å²) >= 11 is 0. The molecule has 1 aromatic rings. The summed E-state index contributed by atoms with van der Waals surface area (Å²) in [5.41, 5.74) is 6.55. The molecule has 1 aliphatic rings. The summed E-state index contributed by atoms with van der Waals surface area (Å²) in [6.45, 7) is 12.4. The second kappa shape index (κ2) is 6.79. The fourth-order valence-corrected chi connectivity index (χ4v) is 2.27. The van der Waals surface area contributed by atoms with E-state index in [1.807, 2.05) is 12.1 Å². The molecule has 2 rings (SSSR count). The smallest absolute Gasteiger partial charge is 0.239 e. The van der Waals surface area contributed by atoms with Crippen LogP contribution in [0.2, 0.25) is 0 Å². The number of pyridine rings is 1. The molecule has 1 aliphatic heterocycles. The maximum absolute atomic E-state index is 5.93. The minimum atomic E-state index is 0.466. The number of hydrogen-bond acceptors (Lipinski definition) is 5. The van der Waals surface area contributed by atoms with Crippen molar-refractivity contribution >= 4 is 11.5 Å². The van der Waals surface area contributed by atoms with Crippen molar-refractivity contribution in [2.75, 3.05) is 50.0 Å². The average Bonchev–Trinajstić information content (AvgIpc) is 2.46. The van der Waals surface area contributed by atoms with Gasteiger partial charge in [-0.25, -0.2) is 0 Å². The van der Waals surface area contributed by atoms with E-state index in [-0.39, 0.29) is 0 Å². The van der Waals surface area contributed by atoms with Crippen LogP contribution in [0.4, 0.5) is 11.5 Å². The van der Waals surface area contributed by atoms with Crippen LogP contribution >= 0.6 is 0 Å². The van der Waals surface area contributed by atoms with E-state index in [1.54, 1.807) is 0 Å². The lowest BCUT2D eigenvalue weighted by Crippen LogP contribution is -2.46. The first-order valence-corrected chi connectivity index (χ1v) is 7.46. The first-order chi connectivity index (χ1) is 9.60. The highest BCUT2D eigenvalue weighted by Crippen LogP contribution is 2.24. The number of rotatable bonds is 5. The number of piperazine rings is 1. The molecule has 112 valence electrons. The van der Waals surface area contributed by atoms with Gasteiger partial charge in [0.15, 0.2) is 0 Å². The van der Waals surface area contributed by atoms with Crippen molar-refractivity contribution < 1.29 is 4.74 Å². The lowest BCUT2D eigenvalue weighted by Gasteiger charge is -2.34. The number of nitrogens with two attached hydrogens (primary N) is 1. The van der Waals surface area contributed by atoms with Gasteiger partial charge in [-0.1, -0.05) is 20.8 Å². The molecule has 20 heavy (non-hydrogen) atoms. The molecule has 1 saturated heterocycles. The minimum absolute atomic E-state index is 0.466. The van der Waals surface area contributed by atoms with Gasteiger partial charge in [0.1, 0.15) is 5.82 Å². The largest absolute Gasteiger partial charge is 0.476 e. The van der Waals surface area contributed by atoms with Crippen LogP contribution in [0.3, 0.4) is 0 Å². The van der Waals surface area contributed by atoms with Gasteiger partial charge in [-0.05, 0) is 24.6 Å². The summed E-state index contributed by atoms with van der Waals surface area (Å²) in [5.74, 6) is 2.00. The van der Waals surface area contributed by atoms with E-state index in [0.717, 1.165) is 38.5 Å².